The van der Waals surface area contributed by atoms with Crippen molar-refractivity contribution in [2.75, 3.05) is 0 Å². The molecule has 0 bridgehead atoms. The van der Waals surface area contributed by atoms with Crippen molar-refractivity contribution in [1.82, 2.24) is 0 Å². The Kier molecular flexibility index (Phi) is 4.59. The Balaban J connectivity index is 2.05. The molecule has 0 radical (unpaired) electrons. The van der Waals surface area contributed by atoms with Crippen LogP contribution in [0.15, 0.2) is 54.6 Å². The minimum atomic E-state index is -0.370. The van der Waals surface area contributed by atoms with E-state index in [9.17, 15) is 5.11 Å². The van der Waals surface area contributed by atoms with Crippen molar-refractivity contribution in [3.8, 4) is 0 Å². The fourth-order valence-electron chi connectivity index (χ4n) is 1.81. The van der Waals surface area contributed by atoms with Crippen molar-refractivity contribution < 1.29 is 5.11 Å². The number of hydrogen-bond acceptors (Lipinski definition) is 1. The van der Waals surface area contributed by atoms with Gasteiger partial charge in [-0.2, -0.15) is 0 Å². The van der Waals surface area contributed by atoms with Gasteiger partial charge in [0, 0.05) is 0 Å². The van der Waals surface area contributed by atoms with Crippen LogP contribution >= 0.6 is 0 Å². The van der Waals surface area contributed by atoms with Crippen LogP contribution < -0.4 is 4.46 Å². The third-order valence-electron chi connectivity index (χ3n) is 2.93. The van der Waals surface area contributed by atoms with Gasteiger partial charge in [-0.15, -0.1) is 0 Å². The summed E-state index contributed by atoms with van der Waals surface area (Å²) in [6.07, 6.45) is -0.370. The quantitative estimate of drug-likeness (QED) is 0.861. The normalized spacial score (nSPS) is 14.2. The van der Waals surface area contributed by atoms with E-state index in [-0.39, 0.29) is 10.9 Å². The summed E-state index contributed by atoms with van der Waals surface area (Å²) in [5.74, 6) is 0. The van der Waals surface area contributed by atoms with Crippen molar-refractivity contribution in [1.29, 1.82) is 0 Å². The average molecular weight is 305 g/mol. The predicted molar refractivity (Wildman–Crippen MR) is 77.4 cm³/mol. The molecule has 18 heavy (non-hydrogen) atoms. The van der Waals surface area contributed by atoms with E-state index in [1.54, 1.807) is 0 Å². The summed E-state index contributed by atoms with van der Waals surface area (Å²) in [7, 11) is 0. The summed E-state index contributed by atoms with van der Waals surface area (Å²) in [5, 5.41) is 10.4. The second-order valence-corrected chi connectivity index (χ2v) is 7.54. The molecule has 0 saturated carbocycles. The number of aliphatic hydroxyl groups is 1. The summed E-state index contributed by atoms with van der Waals surface area (Å²) >= 11 is 0.297. The van der Waals surface area contributed by atoms with E-state index >= 15 is 0 Å². The van der Waals surface area contributed by atoms with E-state index in [4.69, 9.17) is 0 Å². The van der Waals surface area contributed by atoms with E-state index in [0.29, 0.717) is 15.0 Å². The molecule has 0 aliphatic rings. The van der Waals surface area contributed by atoms with Crippen molar-refractivity contribution in [3.05, 3.63) is 65.7 Å². The van der Waals surface area contributed by atoms with Gasteiger partial charge in [-0.05, 0) is 0 Å². The van der Waals surface area contributed by atoms with Gasteiger partial charge in [0.15, 0.2) is 0 Å². The van der Waals surface area contributed by atoms with Crippen LogP contribution in [0.25, 0.3) is 0 Å². The van der Waals surface area contributed by atoms with Crippen LogP contribution in [-0.2, 0) is 0 Å². The van der Waals surface area contributed by atoms with E-state index in [0.717, 1.165) is 5.56 Å². The number of benzene rings is 2. The molecule has 0 aliphatic carbocycles. The Labute approximate surface area is 115 Å². The predicted octanol–water partition coefficient (Wildman–Crippen LogP) is 2.87. The molecule has 2 heteroatoms. The molecule has 2 rings (SSSR count). The fourth-order valence-corrected chi connectivity index (χ4v) is 3.97. The number of hydrogen-bond donors (Lipinski definition) is 1. The molecule has 2 atom stereocenters. The molecule has 2 unspecified atom stereocenters. The number of aliphatic hydroxyl groups excluding tert-OH is 1. The second kappa shape index (κ2) is 6.19. The van der Waals surface area contributed by atoms with Gasteiger partial charge >= 0.3 is 115 Å². The van der Waals surface area contributed by atoms with Crippen molar-refractivity contribution in [3.63, 3.8) is 0 Å². The third kappa shape index (κ3) is 3.46. The van der Waals surface area contributed by atoms with Gasteiger partial charge in [0.05, 0.1) is 0 Å². The second-order valence-electron chi connectivity index (χ2n) is 4.49. The van der Waals surface area contributed by atoms with Crippen LogP contribution in [-0.4, -0.2) is 20.1 Å². The van der Waals surface area contributed by atoms with Crippen LogP contribution in [0.5, 0.6) is 0 Å². The first-order valence-electron chi connectivity index (χ1n) is 6.13. The first-order valence-corrected chi connectivity index (χ1v) is 7.98. The molecular formula is C16H18OSe. The van der Waals surface area contributed by atoms with Gasteiger partial charge in [-0.25, -0.2) is 0 Å². The fraction of sp³-hybridized carbons (Fsp3) is 0.250. The Hall–Kier alpha value is -1.08. The van der Waals surface area contributed by atoms with Gasteiger partial charge < -0.3 is 0 Å². The molecule has 0 aliphatic heterocycles. The minimum absolute atomic E-state index is 0.280. The standard InChI is InChI=1S/C16H18OSe/c1-12-8-10-14(11-9-12)16(17)13(2)18-15-6-4-3-5-7-15/h3-11,13,16-17H,1-2H3. The van der Waals surface area contributed by atoms with Crippen LogP contribution in [0.2, 0.25) is 4.82 Å². The van der Waals surface area contributed by atoms with Crippen molar-refractivity contribution in [2.45, 2.75) is 24.8 Å². The van der Waals surface area contributed by atoms with E-state index in [1.807, 2.05) is 18.2 Å². The summed E-state index contributed by atoms with van der Waals surface area (Å²) in [6.45, 7) is 4.19. The number of aryl methyl sites for hydroxylation is 1. The summed E-state index contributed by atoms with van der Waals surface area (Å²) in [5.41, 5.74) is 2.25. The average Bonchev–Trinajstić information content (AvgIpc) is 2.40. The van der Waals surface area contributed by atoms with Crippen LogP contribution in [0.4, 0.5) is 0 Å². The monoisotopic (exact) mass is 306 g/mol. The Morgan fingerprint density at radius 1 is 0.944 bits per heavy atom. The molecule has 94 valence electrons. The molecule has 0 heterocycles. The molecule has 1 nitrogen and oxygen atoms in total. The molecule has 0 aromatic heterocycles. The Bertz CT molecular complexity index is 478. The molecule has 2 aromatic rings. The summed E-state index contributed by atoms with van der Waals surface area (Å²) in [4.78, 5) is 0.280. The van der Waals surface area contributed by atoms with Crippen LogP contribution in [0.1, 0.15) is 24.2 Å². The first-order chi connectivity index (χ1) is 8.66. The first kappa shape index (κ1) is 13.4. The van der Waals surface area contributed by atoms with E-state index in [1.165, 1.54) is 10.0 Å². The molecular weight excluding hydrogens is 287 g/mol. The third-order valence-corrected chi connectivity index (χ3v) is 5.39. The Morgan fingerprint density at radius 3 is 2.17 bits per heavy atom. The maximum absolute atomic E-state index is 10.4. The number of rotatable bonds is 4. The van der Waals surface area contributed by atoms with E-state index < -0.39 is 0 Å². The van der Waals surface area contributed by atoms with Crippen molar-refractivity contribution >= 4 is 19.4 Å². The molecule has 0 spiro atoms. The zero-order valence-corrected chi connectivity index (χ0v) is 12.4. The van der Waals surface area contributed by atoms with Crippen LogP contribution in [0, 0.1) is 6.92 Å². The van der Waals surface area contributed by atoms with Gasteiger partial charge in [0.1, 0.15) is 0 Å². The van der Waals surface area contributed by atoms with Crippen molar-refractivity contribution in [2.24, 2.45) is 0 Å². The van der Waals surface area contributed by atoms with Gasteiger partial charge in [-0.3, -0.25) is 0 Å². The Morgan fingerprint density at radius 2 is 1.56 bits per heavy atom. The van der Waals surface area contributed by atoms with E-state index in [2.05, 4.69) is 50.2 Å². The SMILES string of the molecule is Cc1ccc(C(O)C(C)[Se]c2ccccc2)cc1. The van der Waals surface area contributed by atoms with Gasteiger partial charge in [0.25, 0.3) is 0 Å². The zero-order chi connectivity index (χ0) is 13.0. The topological polar surface area (TPSA) is 20.2 Å². The molecule has 1 N–H and O–H groups in total. The summed E-state index contributed by atoms with van der Waals surface area (Å²) in [6, 6.07) is 18.6. The molecule has 2 aromatic carbocycles. The maximum atomic E-state index is 10.4. The van der Waals surface area contributed by atoms with Gasteiger partial charge in [-0.1, -0.05) is 0 Å². The van der Waals surface area contributed by atoms with Crippen LogP contribution in [0.3, 0.4) is 0 Å². The zero-order valence-electron chi connectivity index (χ0n) is 10.7. The molecule has 0 amide bonds. The summed E-state index contributed by atoms with van der Waals surface area (Å²) < 4.78 is 1.34. The van der Waals surface area contributed by atoms with Gasteiger partial charge in [0.2, 0.25) is 0 Å². The molecule has 0 fully saturated rings. The molecule has 0 saturated heterocycles.